The summed E-state index contributed by atoms with van der Waals surface area (Å²) in [6.45, 7) is 6.06. The molecule has 1 aliphatic rings. The molecule has 238 valence electrons. The molecule has 0 unspecified atom stereocenters. The van der Waals surface area contributed by atoms with Crippen molar-refractivity contribution in [3.63, 3.8) is 0 Å². The first-order valence-corrected chi connectivity index (χ1v) is 15.6. The van der Waals surface area contributed by atoms with E-state index in [1.54, 1.807) is 31.2 Å². The molecule has 2 rings (SSSR count). The Morgan fingerprint density at radius 1 is 0.884 bits per heavy atom. The summed E-state index contributed by atoms with van der Waals surface area (Å²) in [5, 5.41) is 5.16. The summed E-state index contributed by atoms with van der Waals surface area (Å²) in [5.41, 5.74) is -0.204. The van der Waals surface area contributed by atoms with Gasteiger partial charge < -0.3 is 39.1 Å². The molecule has 0 aliphatic carbocycles. The molecule has 1 aliphatic heterocycles. The lowest BCUT2D eigenvalue weighted by Crippen LogP contribution is -2.65. The zero-order chi connectivity index (χ0) is 31.9. The second-order valence-corrected chi connectivity index (χ2v) is 11.6. The van der Waals surface area contributed by atoms with Crippen LogP contribution in [0.5, 0.6) is 0 Å². The normalized spacial score (nSPS) is 21.8. The van der Waals surface area contributed by atoms with Crippen LogP contribution in [0.15, 0.2) is 30.3 Å². The molecule has 0 aromatic heterocycles. The summed E-state index contributed by atoms with van der Waals surface area (Å²) in [4.78, 5) is 72.6. The van der Waals surface area contributed by atoms with Crippen molar-refractivity contribution in [3.8, 4) is 0 Å². The van der Waals surface area contributed by atoms with Crippen LogP contribution >= 0.6 is 21.6 Å². The minimum absolute atomic E-state index is 0.0107. The van der Waals surface area contributed by atoms with Crippen LogP contribution in [0.3, 0.4) is 0 Å². The minimum Gasteiger partial charge on any atom is -0.464 e. The van der Waals surface area contributed by atoms with Gasteiger partial charge in [-0.05, 0) is 12.5 Å². The summed E-state index contributed by atoms with van der Waals surface area (Å²) in [7, 11) is 2.13. The first-order chi connectivity index (χ1) is 20.4. The van der Waals surface area contributed by atoms with Crippen LogP contribution in [0.2, 0.25) is 0 Å². The number of hydrogen-bond donors (Lipinski definition) is 2. The molecule has 1 fully saturated rings. The number of nitrogens with one attached hydrogen (secondary N) is 2. The van der Waals surface area contributed by atoms with E-state index in [0.29, 0.717) is 0 Å². The number of alkyl carbamates (subject to hydrolysis) is 1. The molecule has 1 aromatic carbocycles. The average molecular weight is 645 g/mol. The Balaban J connectivity index is 2.21. The monoisotopic (exact) mass is 644 g/mol. The first-order valence-electron chi connectivity index (χ1n) is 13.2. The number of carbonyl (C=O) groups excluding carboxylic acids is 6. The van der Waals surface area contributed by atoms with Crippen molar-refractivity contribution in [3.05, 3.63) is 35.9 Å². The summed E-state index contributed by atoms with van der Waals surface area (Å²) in [6.07, 6.45) is -4.36. The Bertz CT molecular complexity index is 1120. The van der Waals surface area contributed by atoms with E-state index in [1.807, 2.05) is 6.07 Å². The standard InChI is InChI=1S/C27H36N2O12S2/c1-6-36-25(34)20(29-27(35)38-12-19-10-8-7-9-11-19)14-42-43-26-22(28-15(2)30)24(40-18(5)33)23(39-17(4)32)21(41-26)13-37-16(3)31/h7-11,20-24,26H,6,12-14H2,1-5H3,(H,28,30)(H,29,35)/t20-,21+,22+,23+,24+,26-/m0/s1. The molecule has 0 spiro atoms. The number of amides is 2. The topological polar surface area (TPSA) is 182 Å². The van der Waals surface area contributed by atoms with Gasteiger partial charge in [0, 0.05) is 33.4 Å². The zero-order valence-electron chi connectivity index (χ0n) is 24.4. The van der Waals surface area contributed by atoms with Gasteiger partial charge in [0.1, 0.15) is 36.8 Å². The van der Waals surface area contributed by atoms with Crippen LogP contribution in [0.4, 0.5) is 4.79 Å². The van der Waals surface area contributed by atoms with Gasteiger partial charge in [0.25, 0.3) is 0 Å². The Labute approximate surface area is 256 Å². The zero-order valence-corrected chi connectivity index (χ0v) is 26.0. The molecule has 0 radical (unpaired) electrons. The second kappa shape index (κ2) is 18.2. The molecule has 43 heavy (non-hydrogen) atoms. The van der Waals surface area contributed by atoms with Crippen molar-refractivity contribution in [1.29, 1.82) is 0 Å². The minimum atomic E-state index is -1.23. The molecule has 2 N–H and O–H groups in total. The molecular formula is C27H36N2O12S2. The van der Waals surface area contributed by atoms with E-state index >= 15 is 0 Å². The van der Waals surface area contributed by atoms with E-state index in [4.69, 9.17) is 28.4 Å². The van der Waals surface area contributed by atoms with E-state index in [9.17, 15) is 28.8 Å². The van der Waals surface area contributed by atoms with Gasteiger partial charge in [0.2, 0.25) is 5.91 Å². The van der Waals surface area contributed by atoms with Gasteiger partial charge in [-0.15, -0.1) is 0 Å². The fourth-order valence-corrected chi connectivity index (χ4v) is 6.51. The number of rotatable bonds is 14. The van der Waals surface area contributed by atoms with Gasteiger partial charge in [-0.3, -0.25) is 19.2 Å². The van der Waals surface area contributed by atoms with Crippen LogP contribution < -0.4 is 10.6 Å². The van der Waals surface area contributed by atoms with E-state index in [2.05, 4.69) is 10.6 Å². The molecule has 1 aromatic rings. The molecule has 0 bridgehead atoms. The third-order valence-electron chi connectivity index (χ3n) is 5.54. The first kappa shape index (κ1) is 35.7. The van der Waals surface area contributed by atoms with Gasteiger partial charge in [-0.1, -0.05) is 51.9 Å². The number of carbonyl (C=O) groups is 6. The molecule has 6 atom stereocenters. The van der Waals surface area contributed by atoms with Crippen LogP contribution in [0.25, 0.3) is 0 Å². The molecule has 16 heteroatoms. The highest BCUT2D eigenvalue weighted by atomic mass is 33.1. The summed E-state index contributed by atoms with van der Waals surface area (Å²) in [5.74, 6) is -3.27. The largest absolute Gasteiger partial charge is 0.464 e. The highest BCUT2D eigenvalue weighted by Crippen LogP contribution is 2.38. The third-order valence-corrected chi connectivity index (χ3v) is 8.13. The molecule has 0 saturated carbocycles. The van der Waals surface area contributed by atoms with Gasteiger partial charge in [0.05, 0.1) is 6.61 Å². The summed E-state index contributed by atoms with van der Waals surface area (Å²) >= 11 is 0. The SMILES string of the molecule is CCOC(=O)[C@H](CSS[C@@H]1O[C@H](COC(C)=O)[C@@H](OC(C)=O)[C@H](OC(C)=O)[C@H]1NC(C)=O)NC(=O)OCc1ccccc1. The summed E-state index contributed by atoms with van der Waals surface area (Å²) in [6, 6.07) is 6.84. The van der Waals surface area contributed by atoms with Crippen LogP contribution in [-0.2, 0) is 59.0 Å². The molecule has 1 heterocycles. The third kappa shape index (κ3) is 12.7. The Kier molecular flexibility index (Phi) is 15.1. The molecular weight excluding hydrogens is 608 g/mol. The predicted molar refractivity (Wildman–Crippen MR) is 154 cm³/mol. The maximum atomic E-state index is 12.6. The van der Waals surface area contributed by atoms with Crippen molar-refractivity contribution >= 4 is 57.5 Å². The maximum Gasteiger partial charge on any atom is 0.408 e. The molecule has 1 saturated heterocycles. The van der Waals surface area contributed by atoms with Crippen molar-refractivity contribution in [2.75, 3.05) is 19.0 Å². The number of ether oxygens (including phenoxy) is 6. The number of benzene rings is 1. The predicted octanol–water partition coefficient (Wildman–Crippen LogP) is 1.88. The number of esters is 4. The Hall–Kier alpha value is -3.50. The average Bonchev–Trinajstić information content (AvgIpc) is 2.93. The summed E-state index contributed by atoms with van der Waals surface area (Å²) < 4.78 is 32.4. The van der Waals surface area contributed by atoms with Gasteiger partial charge >= 0.3 is 30.0 Å². The lowest BCUT2D eigenvalue weighted by molar-refractivity contribution is -0.211. The van der Waals surface area contributed by atoms with Crippen molar-refractivity contribution in [1.82, 2.24) is 10.6 Å². The lowest BCUT2D eigenvalue weighted by atomic mass is 9.97. The Morgan fingerprint density at radius 2 is 1.53 bits per heavy atom. The fourth-order valence-electron chi connectivity index (χ4n) is 3.87. The van der Waals surface area contributed by atoms with Crippen LogP contribution in [0.1, 0.15) is 40.2 Å². The van der Waals surface area contributed by atoms with E-state index in [1.165, 1.54) is 13.8 Å². The van der Waals surface area contributed by atoms with Gasteiger partial charge in [-0.25, -0.2) is 9.59 Å². The lowest BCUT2D eigenvalue weighted by Gasteiger charge is -2.44. The van der Waals surface area contributed by atoms with Crippen LogP contribution in [0, 0.1) is 0 Å². The number of hydrogen-bond acceptors (Lipinski definition) is 14. The molecule has 2 amide bonds. The highest BCUT2D eigenvalue weighted by Gasteiger charge is 2.51. The van der Waals surface area contributed by atoms with Crippen molar-refractivity contribution < 1.29 is 57.2 Å². The van der Waals surface area contributed by atoms with Gasteiger partial charge in [-0.2, -0.15) is 0 Å². The highest BCUT2D eigenvalue weighted by molar-refractivity contribution is 8.76. The smallest absolute Gasteiger partial charge is 0.408 e. The van der Waals surface area contributed by atoms with Gasteiger partial charge in [0.15, 0.2) is 12.2 Å². The quantitative estimate of drug-likeness (QED) is 0.170. The Morgan fingerprint density at radius 3 is 2.12 bits per heavy atom. The van der Waals surface area contributed by atoms with Crippen molar-refractivity contribution in [2.24, 2.45) is 0 Å². The van der Waals surface area contributed by atoms with Crippen molar-refractivity contribution in [2.45, 2.75) is 77.1 Å². The maximum absolute atomic E-state index is 12.6. The molecule has 14 nitrogen and oxygen atoms in total. The fraction of sp³-hybridized carbons (Fsp3) is 0.556. The van der Waals surface area contributed by atoms with E-state index in [0.717, 1.165) is 41.0 Å². The van der Waals surface area contributed by atoms with E-state index in [-0.39, 0.29) is 25.6 Å². The van der Waals surface area contributed by atoms with Crippen LogP contribution in [-0.4, -0.2) is 90.7 Å². The van der Waals surface area contributed by atoms with E-state index < -0.39 is 71.7 Å². The second-order valence-electron chi connectivity index (χ2n) is 9.11.